The molecule has 0 heterocycles. The fourth-order valence-corrected chi connectivity index (χ4v) is 1.74. The van der Waals surface area contributed by atoms with Crippen LogP contribution in [0, 0.1) is 5.82 Å². The summed E-state index contributed by atoms with van der Waals surface area (Å²) in [5.41, 5.74) is 6.68. The average Bonchev–Trinajstić information content (AvgIpc) is 2.36. The highest BCUT2D eigenvalue weighted by Gasteiger charge is 2.01. The third-order valence-electron chi connectivity index (χ3n) is 2.57. The third kappa shape index (κ3) is 4.10. The van der Waals surface area contributed by atoms with E-state index >= 15 is 0 Å². The fraction of sp³-hybridized carbons (Fsp3) is 0.133. The molecule has 0 aromatic heterocycles. The van der Waals surface area contributed by atoms with Crippen LogP contribution in [0.4, 0.5) is 4.39 Å². The van der Waals surface area contributed by atoms with Crippen LogP contribution < -0.4 is 10.5 Å². The zero-order chi connectivity index (χ0) is 13.7. The Morgan fingerprint density at radius 3 is 2.58 bits per heavy atom. The Hall–Kier alpha value is -2.36. The lowest BCUT2D eigenvalue weighted by atomic mass is 10.1. The number of ether oxygens (including phenoxy) is 1. The van der Waals surface area contributed by atoms with Gasteiger partial charge in [-0.05, 0) is 35.4 Å². The first-order valence-electron chi connectivity index (χ1n) is 5.88. The summed E-state index contributed by atoms with van der Waals surface area (Å²) in [6.07, 6.45) is 0.178. The first-order chi connectivity index (χ1) is 9.13. The van der Waals surface area contributed by atoms with E-state index in [0.717, 1.165) is 11.1 Å². The van der Waals surface area contributed by atoms with Crippen molar-refractivity contribution >= 4 is 5.91 Å². The first kappa shape index (κ1) is 13.1. The highest BCUT2D eigenvalue weighted by Crippen LogP contribution is 2.16. The summed E-state index contributed by atoms with van der Waals surface area (Å²) in [7, 11) is 0. The zero-order valence-electron chi connectivity index (χ0n) is 10.3. The van der Waals surface area contributed by atoms with E-state index in [1.54, 1.807) is 36.4 Å². The second-order valence-corrected chi connectivity index (χ2v) is 4.21. The molecule has 2 rings (SSSR count). The second kappa shape index (κ2) is 6.00. The lowest BCUT2D eigenvalue weighted by molar-refractivity contribution is -0.117. The van der Waals surface area contributed by atoms with Crippen molar-refractivity contribution in [1.82, 2.24) is 0 Å². The predicted molar refractivity (Wildman–Crippen MR) is 70.1 cm³/mol. The van der Waals surface area contributed by atoms with Gasteiger partial charge in [-0.3, -0.25) is 4.79 Å². The molecule has 0 aliphatic heterocycles. The number of carbonyl (C=O) groups excluding carboxylic acids is 1. The predicted octanol–water partition coefficient (Wildman–Crippen LogP) is 2.43. The topological polar surface area (TPSA) is 52.3 Å². The molecule has 0 aliphatic carbocycles. The van der Waals surface area contributed by atoms with Gasteiger partial charge < -0.3 is 10.5 Å². The van der Waals surface area contributed by atoms with Crippen LogP contribution in [0.2, 0.25) is 0 Å². The minimum absolute atomic E-state index is 0.178. The number of rotatable bonds is 5. The summed E-state index contributed by atoms with van der Waals surface area (Å²) in [6.45, 7) is 0.276. The Morgan fingerprint density at radius 2 is 1.84 bits per heavy atom. The molecule has 0 atom stereocenters. The van der Waals surface area contributed by atoms with E-state index < -0.39 is 0 Å². The number of amides is 1. The molecule has 0 radical (unpaired) electrons. The molecule has 1 amide bonds. The molecule has 0 bridgehead atoms. The summed E-state index contributed by atoms with van der Waals surface area (Å²) in [4.78, 5) is 10.8. The minimum atomic E-state index is -0.387. The number of nitrogens with two attached hydrogens (primary N) is 1. The fourth-order valence-electron chi connectivity index (χ4n) is 1.74. The van der Waals surface area contributed by atoms with Crippen LogP contribution in [0.3, 0.4) is 0 Å². The van der Waals surface area contributed by atoms with Gasteiger partial charge in [-0.2, -0.15) is 0 Å². The van der Waals surface area contributed by atoms with E-state index in [1.807, 2.05) is 0 Å². The average molecular weight is 259 g/mol. The van der Waals surface area contributed by atoms with E-state index in [2.05, 4.69) is 0 Å². The number of primary amides is 1. The second-order valence-electron chi connectivity index (χ2n) is 4.21. The highest BCUT2D eigenvalue weighted by molar-refractivity contribution is 5.76. The molecular formula is C15H14FNO2. The molecule has 0 saturated carbocycles. The van der Waals surface area contributed by atoms with Gasteiger partial charge in [0.15, 0.2) is 0 Å². The van der Waals surface area contributed by atoms with Gasteiger partial charge in [0, 0.05) is 0 Å². The van der Waals surface area contributed by atoms with Crippen molar-refractivity contribution in [2.75, 3.05) is 0 Å². The molecule has 19 heavy (non-hydrogen) atoms. The van der Waals surface area contributed by atoms with Gasteiger partial charge in [0.2, 0.25) is 5.91 Å². The number of hydrogen-bond donors (Lipinski definition) is 1. The van der Waals surface area contributed by atoms with Crippen LogP contribution in [0.15, 0.2) is 48.5 Å². The first-order valence-corrected chi connectivity index (χ1v) is 5.88. The standard InChI is InChI=1S/C15H14FNO2/c16-13-5-1-4-12(7-13)10-19-14-6-2-3-11(8-14)9-15(17)18/h1-8H,9-10H2,(H2,17,18). The van der Waals surface area contributed by atoms with Crippen LogP contribution in [0.5, 0.6) is 5.75 Å². The van der Waals surface area contributed by atoms with E-state index in [-0.39, 0.29) is 24.8 Å². The maximum atomic E-state index is 13.0. The Balaban J connectivity index is 2.01. The van der Waals surface area contributed by atoms with E-state index in [4.69, 9.17) is 10.5 Å². The Morgan fingerprint density at radius 1 is 1.11 bits per heavy atom. The molecule has 98 valence electrons. The largest absolute Gasteiger partial charge is 0.489 e. The lowest BCUT2D eigenvalue weighted by Crippen LogP contribution is -2.13. The van der Waals surface area contributed by atoms with Crippen LogP contribution in [0.1, 0.15) is 11.1 Å². The van der Waals surface area contributed by atoms with Crippen molar-refractivity contribution in [3.63, 3.8) is 0 Å². The van der Waals surface area contributed by atoms with Gasteiger partial charge in [0.25, 0.3) is 0 Å². The minimum Gasteiger partial charge on any atom is -0.489 e. The van der Waals surface area contributed by atoms with E-state index in [9.17, 15) is 9.18 Å². The van der Waals surface area contributed by atoms with Gasteiger partial charge >= 0.3 is 0 Å². The monoisotopic (exact) mass is 259 g/mol. The van der Waals surface area contributed by atoms with Crippen LogP contribution in [0.25, 0.3) is 0 Å². The van der Waals surface area contributed by atoms with Crippen molar-refractivity contribution < 1.29 is 13.9 Å². The van der Waals surface area contributed by atoms with Gasteiger partial charge in [0.1, 0.15) is 18.2 Å². The maximum absolute atomic E-state index is 13.0. The molecular weight excluding hydrogens is 245 g/mol. The van der Waals surface area contributed by atoms with Crippen molar-refractivity contribution in [2.45, 2.75) is 13.0 Å². The van der Waals surface area contributed by atoms with Gasteiger partial charge in [0.05, 0.1) is 6.42 Å². The molecule has 0 unspecified atom stereocenters. The zero-order valence-corrected chi connectivity index (χ0v) is 10.3. The molecule has 0 fully saturated rings. The van der Waals surface area contributed by atoms with Crippen molar-refractivity contribution in [1.29, 1.82) is 0 Å². The van der Waals surface area contributed by atoms with Gasteiger partial charge in [-0.25, -0.2) is 4.39 Å². The summed E-state index contributed by atoms with van der Waals surface area (Å²) >= 11 is 0. The molecule has 2 aromatic rings. The molecule has 4 heteroatoms. The summed E-state index contributed by atoms with van der Waals surface area (Å²) < 4.78 is 18.5. The number of carbonyl (C=O) groups is 1. The van der Waals surface area contributed by atoms with E-state index in [1.165, 1.54) is 12.1 Å². The number of halogens is 1. The Bertz CT molecular complexity index is 584. The smallest absolute Gasteiger partial charge is 0.221 e. The summed E-state index contributed by atoms with van der Waals surface area (Å²) in [5.74, 6) is -0.0473. The summed E-state index contributed by atoms with van der Waals surface area (Å²) in [6, 6.07) is 13.4. The van der Waals surface area contributed by atoms with Gasteiger partial charge in [-0.1, -0.05) is 24.3 Å². The van der Waals surface area contributed by atoms with Crippen LogP contribution in [-0.4, -0.2) is 5.91 Å². The van der Waals surface area contributed by atoms with Crippen molar-refractivity contribution in [3.8, 4) is 5.75 Å². The third-order valence-corrected chi connectivity index (χ3v) is 2.57. The quantitative estimate of drug-likeness (QED) is 0.896. The Kier molecular flexibility index (Phi) is 4.13. The molecule has 0 saturated heterocycles. The number of benzene rings is 2. The molecule has 0 aliphatic rings. The van der Waals surface area contributed by atoms with Crippen LogP contribution in [-0.2, 0) is 17.8 Å². The SMILES string of the molecule is NC(=O)Cc1cccc(OCc2cccc(F)c2)c1. The lowest BCUT2D eigenvalue weighted by Gasteiger charge is -2.07. The van der Waals surface area contributed by atoms with Crippen molar-refractivity contribution in [3.05, 3.63) is 65.5 Å². The highest BCUT2D eigenvalue weighted by atomic mass is 19.1. The molecule has 0 spiro atoms. The maximum Gasteiger partial charge on any atom is 0.221 e. The molecule has 2 N–H and O–H groups in total. The van der Waals surface area contributed by atoms with E-state index in [0.29, 0.717) is 5.75 Å². The van der Waals surface area contributed by atoms with Crippen molar-refractivity contribution in [2.24, 2.45) is 5.73 Å². The normalized spacial score (nSPS) is 10.2. The molecule has 3 nitrogen and oxygen atoms in total. The van der Waals surface area contributed by atoms with Gasteiger partial charge in [-0.15, -0.1) is 0 Å². The number of hydrogen-bond acceptors (Lipinski definition) is 2. The summed E-state index contributed by atoms with van der Waals surface area (Å²) in [5, 5.41) is 0. The van der Waals surface area contributed by atoms with Crippen LogP contribution >= 0.6 is 0 Å². The molecule has 2 aromatic carbocycles. The Labute approximate surface area is 110 Å².